The molecule has 0 saturated carbocycles. The summed E-state index contributed by atoms with van der Waals surface area (Å²) in [4.78, 5) is 21.0. The van der Waals surface area contributed by atoms with Crippen LogP contribution in [-0.2, 0) is 6.42 Å². The van der Waals surface area contributed by atoms with Crippen LogP contribution in [0.1, 0.15) is 35.2 Å². The van der Waals surface area contributed by atoms with Gasteiger partial charge in [0.15, 0.2) is 0 Å². The van der Waals surface area contributed by atoms with Gasteiger partial charge in [0, 0.05) is 38.9 Å². The molecular weight excluding hydrogens is 348 g/mol. The molecule has 1 saturated heterocycles. The summed E-state index contributed by atoms with van der Waals surface area (Å²) >= 11 is 0. The molecule has 0 unspecified atom stereocenters. The number of piperidine rings is 1. The lowest BCUT2D eigenvalue weighted by atomic mass is 9.90. The van der Waals surface area contributed by atoms with Crippen molar-refractivity contribution >= 4 is 11.7 Å². The average molecular weight is 381 g/mol. The lowest BCUT2D eigenvalue weighted by molar-refractivity contribution is 0.0943. The van der Waals surface area contributed by atoms with E-state index in [9.17, 15) is 4.79 Å². The number of hydrogen-bond donors (Lipinski definition) is 1. The highest BCUT2D eigenvalue weighted by atomic mass is 16.1. The van der Waals surface area contributed by atoms with Crippen molar-refractivity contribution in [2.45, 2.75) is 25.7 Å². The fourth-order valence-electron chi connectivity index (χ4n) is 3.75. The van der Waals surface area contributed by atoms with Gasteiger partial charge in [0.25, 0.3) is 5.91 Å². The van der Waals surface area contributed by atoms with Gasteiger partial charge in [0.1, 0.15) is 5.82 Å². The minimum Gasteiger partial charge on any atom is -0.363 e. The van der Waals surface area contributed by atoms with Crippen molar-refractivity contribution in [1.29, 1.82) is 0 Å². The number of carbonyl (C=O) groups is 1. The van der Waals surface area contributed by atoms with Crippen molar-refractivity contribution in [2.24, 2.45) is 5.92 Å². The minimum absolute atomic E-state index is 0.0248. The fraction of sp³-hybridized carbons (Fsp3) is 0.478. The maximum atomic E-state index is 12.4. The van der Waals surface area contributed by atoms with E-state index in [-0.39, 0.29) is 5.91 Å². The Morgan fingerprint density at radius 3 is 2.64 bits per heavy atom. The number of anilines is 1. The van der Waals surface area contributed by atoms with Gasteiger partial charge in [0.05, 0.1) is 0 Å². The Balaban J connectivity index is 1.34. The molecule has 0 spiro atoms. The van der Waals surface area contributed by atoms with Crippen LogP contribution in [0.3, 0.4) is 0 Å². The first-order valence-corrected chi connectivity index (χ1v) is 10.3. The van der Waals surface area contributed by atoms with E-state index in [1.807, 2.05) is 25.1 Å². The van der Waals surface area contributed by atoms with Gasteiger partial charge in [-0.05, 0) is 62.4 Å². The minimum atomic E-state index is -0.0248. The fourth-order valence-corrected chi connectivity index (χ4v) is 3.75. The molecule has 0 aliphatic carbocycles. The smallest absolute Gasteiger partial charge is 0.251 e. The predicted octanol–water partition coefficient (Wildman–Crippen LogP) is 3.22. The van der Waals surface area contributed by atoms with Crippen molar-refractivity contribution in [3.8, 4) is 0 Å². The molecule has 0 bridgehead atoms. The van der Waals surface area contributed by atoms with E-state index in [1.54, 1.807) is 12.3 Å². The molecule has 1 aromatic heterocycles. The lowest BCUT2D eigenvalue weighted by Crippen LogP contribution is -2.39. The van der Waals surface area contributed by atoms with Crippen LogP contribution in [0.15, 0.2) is 48.7 Å². The highest BCUT2D eigenvalue weighted by Gasteiger charge is 2.19. The number of rotatable bonds is 8. The quantitative estimate of drug-likeness (QED) is 0.764. The number of nitrogens with zero attached hydrogens (tertiary/aromatic N) is 3. The van der Waals surface area contributed by atoms with Crippen LogP contribution in [0.4, 0.5) is 5.82 Å². The van der Waals surface area contributed by atoms with Gasteiger partial charge in [-0.15, -0.1) is 0 Å². The largest absolute Gasteiger partial charge is 0.363 e. The van der Waals surface area contributed by atoms with Gasteiger partial charge in [-0.1, -0.05) is 30.3 Å². The number of amides is 1. The molecule has 5 nitrogen and oxygen atoms in total. The summed E-state index contributed by atoms with van der Waals surface area (Å²) in [6.07, 6.45) is 6.67. The third-order valence-electron chi connectivity index (χ3n) is 5.57. The zero-order valence-corrected chi connectivity index (χ0v) is 17.1. The molecule has 0 atom stereocenters. The van der Waals surface area contributed by atoms with E-state index in [2.05, 4.69) is 45.5 Å². The van der Waals surface area contributed by atoms with Crippen LogP contribution in [0.5, 0.6) is 0 Å². The van der Waals surface area contributed by atoms with Crippen molar-refractivity contribution in [2.75, 3.05) is 45.2 Å². The van der Waals surface area contributed by atoms with E-state index in [0.717, 1.165) is 31.4 Å². The molecule has 1 aliphatic rings. The molecular formula is C23H32N4O. The van der Waals surface area contributed by atoms with E-state index < -0.39 is 0 Å². The number of likely N-dealkylation sites (tertiary alicyclic amines) is 1. The van der Waals surface area contributed by atoms with Gasteiger partial charge in [-0.2, -0.15) is 0 Å². The first kappa shape index (κ1) is 20.3. The summed E-state index contributed by atoms with van der Waals surface area (Å²) in [6.45, 7) is 3.88. The zero-order chi connectivity index (χ0) is 19.8. The molecule has 150 valence electrons. The van der Waals surface area contributed by atoms with E-state index in [4.69, 9.17) is 0 Å². The molecule has 1 aromatic carbocycles. The second kappa shape index (κ2) is 10.2. The maximum absolute atomic E-state index is 12.4. The molecule has 28 heavy (non-hydrogen) atoms. The van der Waals surface area contributed by atoms with Crippen molar-refractivity contribution < 1.29 is 4.79 Å². The first-order valence-electron chi connectivity index (χ1n) is 10.3. The van der Waals surface area contributed by atoms with Crippen LogP contribution in [0, 0.1) is 5.92 Å². The standard InChI is InChI=1S/C23H32N4O/c1-26(2)22-18-21(10-13-24-22)23(28)25-14-17-27-15-11-20(12-16-27)9-8-19-6-4-3-5-7-19/h3-7,10,13,18,20H,8-9,11-12,14-17H2,1-2H3,(H,25,28). The van der Waals surface area contributed by atoms with Gasteiger partial charge in [-0.25, -0.2) is 4.98 Å². The second-order valence-corrected chi connectivity index (χ2v) is 7.86. The Hall–Kier alpha value is -2.40. The number of pyridine rings is 1. The first-order chi connectivity index (χ1) is 13.6. The molecule has 0 radical (unpaired) electrons. The third kappa shape index (κ3) is 6.06. The molecule has 3 rings (SSSR count). The molecule has 1 aliphatic heterocycles. The number of benzene rings is 1. The van der Waals surface area contributed by atoms with E-state index in [0.29, 0.717) is 12.1 Å². The number of hydrogen-bond acceptors (Lipinski definition) is 4. The van der Waals surface area contributed by atoms with Crippen molar-refractivity contribution in [3.05, 3.63) is 59.8 Å². The van der Waals surface area contributed by atoms with Gasteiger partial charge in [-0.3, -0.25) is 4.79 Å². The van der Waals surface area contributed by atoms with Crippen LogP contribution in [0.2, 0.25) is 0 Å². The van der Waals surface area contributed by atoms with Crippen LogP contribution in [-0.4, -0.2) is 56.1 Å². The molecule has 2 heterocycles. The van der Waals surface area contributed by atoms with E-state index in [1.165, 1.54) is 31.2 Å². The number of aryl methyl sites for hydroxylation is 1. The van der Waals surface area contributed by atoms with Crippen molar-refractivity contribution in [3.63, 3.8) is 0 Å². The zero-order valence-electron chi connectivity index (χ0n) is 17.1. The van der Waals surface area contributed by atoms with Gasteiger partial charge in [0.2, 0.25) is 0 Å². The summed E-state index contributed by atoms with van der Waals surface area (Å²) < 4.78 is 0. The second-order valence-electron chi connectivity index (χ2n) is 7.86. The monoisotopic (exact) mass is 380 g/mol. The summed E-state index contributed by atoms with van der Waals surface area (Å²) in [7, 11) is 3.85. The number of aromatic nitrogens is 1. The Labute approximate surface area is 168 Å². The lowest BCUT2D eigenvalue weighted by Gasteiger charge is -2.32. The summed E-state index contributed by atoms with van der Waals surface area (Å²) in [5.74, 6) is 1.60. The predicted molar refractivity (Wildman–Crippen MR) is 115 cm³/mol. The molecule has 1 N–H and O–H groups in total. The molecule has 2 aromatic rings. The van der Waals surface area contributed by atoms with E-state index >= 15 is 0 Å². The number of carbonyl (C=O) groups excluding carboxylic acids is 1. The summed E-state index contributed by atoms with van der Waals surface area (Å²) in [6, 6.07) is 14.4. The summed E-state index contributed by atoms with van der Waals surface area (Å²) in [5.41, 5.74) is 2.11. The Morgan fingerprint density at radius 1 is 1.18 bits per heavy atom. The van der Waals surface area contributed by atoms with Crippen molar-refractivity contribution in [1.82, 2.24) is 15.2 Å². The third-order valence-corrected chi connectivity index (χ3v) is 5.57. The SMILES string of the molecule is CN(C)c1cc(C(=O)NCCN2CCC(CCc3ccccc3)CC2)ccn1. The summed E-state index contributed by atoms with van der Waals surface area (Å²) in [5, 5.41) is 3.04. The Morgan fingerprint density at radius 2 is 1.93 bits per heavy atom. The van der Waals surface area contributed by atoms with Crippen LogP contribution >= 0.6 is 0 Å². The number of nitrogens with one attached hydrogen (secondary N) is 1. The molecule has 5 heteroatoms. The van der Waals surface area contributed by atoms with Crippen LogP contribution in [0.25, 0.3) is 0 Å². The topological polar surface area (TPSA) is 48.5 Å². The normalized spacial score (nSPS) is 15.4. The Bertz CT molecular complexity index is 739. The average Bonchev–Trinajstić information content (AvgIpc) is 2.74. The highest BCUT2D eigenvalue weighted by molar-refractivity contribution is 5.94. The Kier molecular flexibility index (Phi) is 7.43. The maximum Gasteiger partial charge on any atom is 0.251 e. The molecule has 1 fully saturated rings. The van der Waals surface area contributed by atoms with Gasteiger partial charge >= 0.3 is 0 Å². The highest BCUT2D eigenvalue weighted by Crippen LogP contribution is 2.22. The van der Waals surface area contributed by atoms with Crippen LogP contribution < -0.4 is 10.2 Å². The molecule has 1 amide bonds. The van der Waals surface area contributed by atoms with Gasteiger partial charge < -0.3 is 15.1 Å².